The van der Waals surface area contributed by atoms with Gasteiger partial charge in [-0.15, -0.1) is 0 Å². The predicted octanol–water partition coefficient (Wildman–Crippen LogP) is 1.18. The number of carbonyl (C=O) groups excluding carboxylic acids is 2. The van der Waals surface area contributed by atoms with Crippen LogP contribution in [0.2, 0.25) is 0 Å². The zero-order valence-corrected chi connectivity index (χ0v) is 12.8. The molecule has 7 heteroatoms. The Morgan fingerprint density at radius 1 is 1.45 bits per heavy atom. The van der Waals surface area contributed by atoms with E-state index in [1.807, 2.05) is 13.2 Å². The molecule has 2 amide bonds. The molecule has 0 saturated carbocycles. The van der Waals surface area contributed by atoms with Gasteiger partial charge in [0, 0.05) is 45.4 Å². The molecule has 0 unspecified atom stereocenters. The summed E-state index contributed by atoms with van der Waals surface area (Å²) < 4.78 is 6.69. The van der Waals surface area contributed by atoms with Gasteiger partial charge in [-0.2, -0.15) is 5.10 Å². The average Bonchev–Trinajstić information content (AvgIpc) is 3.14. The molecule has 0 atom stereocenters. The van der Waals surface area contributed by atoms with Gasteiger partial charge in [0.1, 0.15) is 0 Å². The van der Waals surface area contributed by atoms with Gasteiger partial charge in [0.15, 0.2) is 5.76 Å². The molecule has 2 aromatic rings. The van der Waals surface area contributed by atoms with Gasteiger partial charge in [-0.05, 0) is 18.6 Å². The highest BCUT2D eigenvalue weighted by Crippen LogP contribution is 2.04. The second kappa shape index (κ2) is 7.44. The number of carbonyl (C=O) groups is 2. The van der Waals surface area contributed by atoms with Crippen molar-refractivity contribution in [2.24, 2.45) is 7.05 Å². The van der Waals surface area contributed by atoms with Gasteiger partial charge >= 0.3 is 0 Å². The van der Waals surface area contributed by atoms with Gasteiger partial charge in [-0.1, -0.05) is 0 Å². The molecule has 0 fully saturated rings. The lowest BCUT2D eigenvalue weighted by atomic mass is 10.2. The summed E-state index contributed by atoms with van der Waals surface area (Å²) in [5.41, 5.74) is 0.990. The molecule has 0 aromatic carbocycles. The van der Waals surface area contributed by atoms with Crippen molar-refractivity contribution in [1.82, 2.24) is 20.0 Å². The Balaban J connectivity index is 1.65. The Bertz CT molecular complexity index is 619. The first-order valence-corrected chi connectivity index (χ1v) is 7.09. The van der Waals surface area contributed by atoms with Gasteiger partial charge in [0.2, 0.25) is 5.91 Å². The summed E-state index contributed by atoms with van der Waals surface area (Å²) in [6.07, 6.45) is 6.05. The molecule has 1 N–H and O–H groups in total. The number of amides is 2. The maximum absolute atomic E-state index is 12.0. The quantitative estimate of drug-likeness (QED) is 0.779. The second-order valence-electron chi connectivity index (χ2n) is 5.11. The van der Waals surface area contributed by atoms with E-state index in [0.717, 1.165) is 5.56 Å². The molecule has 0 radical (unpaired) electrons. The molecule has 0 aliphatic heterocycles. The summed E-state index contributed by atoms with van der Waals surface area (Å²) in [4.78, 5) is 25.3. The van der Waals surface area contributed by atoms with E-state index in [2.05, 4.69) is 10.4 Å². The molecule has 2 heterocycles. The number of rotatable bonds is 7. The van der Waals surface area contributed by atoms with Crippen LogP contribution in [0.5, 0.6) is 0 Å². The maximum atomic E-state index is 12.0. The van der Waals surface area contributed by atoms with Gasteiger partial charge in [-0.25, -0.2) is 0 Å². The molecule has 0 aliphatic rings. The molecule has 118 valence electrons. The number of aromatic nitrogens is 2. The van der Waals surface area contributed by atoms with E-state index in [0.29, 0.717) is 25.9 Å². The van der Waals surface area contributed by atoms with E-state index in [1.54, 1.807) is 35.0 Å². The number of nitrogens with one attached hydrogen (secondary N) is 1. The van der Waals surface area contributed by atoms with Crippen LogP contribution in [0.25, 0.3) is 0 Å². The normalized spacial score (nSPS) is 10.5. The molecule has 0 spiro atoms. The van der Waals surface area contributed by atoms with E-state index in [-0.39, 0.29) is 17.6 Å². The minimum Gasteiger partial charge on any atom is -0.459 e. The van der Waals surface area contributed by atoms with Crippen molar-refractivity contribution < 1.29 is 14.0 Å². The molecule has 0 bridgehead atoms. The largest absolute Gasteiger partial charge is 0.459 e. The van der Waals surface area contributed by atoms with Gasteiger partial charge in [0.05, 0.1) is 12.5 Å². The topological polar surface area (TPSA) is 80.4 Å². The SMILES string of the molecule is CN(Cc1cnn(C)c1)C(=O)CCCNC(=O)c1ccco1. The van der Waals surface area contributed by atoms with Crippen molar-refractivity contribution in [3.8, 4) is 0 Å². The van der Waals surface area contributed by atoms with Crippen molar-refractivity contribution in [1.29, 1.82) is 0 Å². The molecule has 0 aliphatic carbocycles. The van der Waals surface area contributed by atoms with E-state index in [9.17, 15) is 9.59 Å². The number of aryl methyl sites for hydroxylation is 1. The van der Waals surface area contributed by atoms with E-state index >= 15 is 0 Å². The minimum absolute atomic E-state index is 0.0381. The first-order valence-electron chi connectivity index (χ1n) is 7.09. The molecule has 2 aromatic heterocycles. The van der Waals surface area contributed by atoms with Crippen molar-refractivity contribution >= 4 is 11.8 Å². The first kappa shape index (κ1) is 15.8. The van der Waals surface area contributed by atoms with Crippen LogP contribution < -0.4 is 5.32 Å². The van der Waals surface area contributed by atoms with Crippen molar-refractivity contribution in [3.05, 3.63) is 42.1 Å². The van der Waals surface area contributed by atoms with E-state index in [4.69, 9.17) is 4.42 Å². The first-order chi connectivity index (χ1) is 10.6. The molecule has 7 nitrogen and oxygen atoms in total. The maximum Gasteiger partial charge on any atom is 0.286 e. The zero-order chi connectivity index (χ0) is 15.9. The standard InChI is InChI=1S/C15H20N4O3/c1-18(10-12-9-17-19(2)11-12)14(20)6-3-7-16-15(21)13-5-4-8-22-13/h4-5,8-9,11H,3,6-7,10H2,1-2H3,(H,16,21). The number of hydrogen-bond donors (Lipinski definition) is 1. The zero-order valence-electron chi connectivity index (χ0n) is 12.8. The number of furan rings is 1. The van der Waals surface area contributed by atoms with Crippen LogP contribution in [-0.4, -0.2) is 40.1 Å². The highest BCUT2D eigenvalue weighted by Gasteiger charge is 2.11. The highest BCUT2D eigenvalue weighted by atomic mass is 16.3. The monoisotopic (exact) mass is 304 g/mol. The Labute approximate surface area is 128 Å². The summed E-state index contributed by atoms with van der Waals surface area (Å²) in [5.74, 6) is 0.0530. The van der Waals surface area contributed by atoms with Crippen LogP contribution in [0.4, 0.5) is 0 Å². The van der Waals surface area contributed by atoms with Crippen molar-refractivity contribution in [2.45, 2.75) is 19.4 Å². The average molecular weight is 304 g/mol. The fourth-order valence-corrected chi connectivity index (χ4v) is 2.04. The Morgan fingerprint density at radius 2 is 2.27 bits per heavy atom. The third-order valence-electron chi connectivity index (χ3n) is 3.20. The molecular weight excluding hydrogens is 284 g/mol. The van der Waals surface area contributed by atoms with Crippen LogP contribution in [0.3, 0.4) is 0 Å². The lowest BCUT2D eigenvalue weighted by molar-refractivity contribution is -0.130. The third-order valence-corrected chi connectivity index (χ3v) is 3.20. The Kier molecular flexibility index (Phi) is 5.35. The molecule has 2 rings (SSSR count). The highest BCUT2D eigenvalue weighted by molar-refractivity contribution is 5.91. The summed E-state index contributed by atoms with van der Waals surface area (Å²) in [7, 11) is 3.60. The lowest BCUT2D eigenvalue weighted by Gasteiger charge is -2.16. The molecular formula is C15H20N4O3. The lowest BCUT2D eigenvalue weighted by Crippen LogP contribution is -2.28. The van der Waals surface area contributed by atoms with Crippen molar-refractivity contribution in [3.63, 3.8) is 0 Å². The number of hydrogen-bond acceptors (Lipinski definition) is 4. The van der Waals surface area contributed by atoms with Crippen LogP contribution in [0, 0.1) is 0 Å². The fourth-order valence-electron chi connectivity index (χ4n) is 2.04. The minimum atomic E-state index is -0.263. The fraction of sp³-hybridized carbons (Fsp3) is 0.400. The van der Waals surface area contributed by atoms with Crippen LogP contribution >= 0.6 is 0 Å². The van der Waals surface area contributed by atoms with Gasteiger partial charge < -0.3 is 14.6 Å². The Hall–Kier alpha value is -2.57. The summed E-state index contributed by atoms with van der Waals surface area (Å²) in [6.45, 7) is 0.970. The van der Waals surface area contributed by atoms with Gasteiger partial charge in [0.25, 0.3) is 5.91 Å². The summed E-state index contributed by atoms with van der Waals surface area (Å²) >= 11 is 0. The molecule has 0 saturated heterocycles. The van der Waals surface area contributed by atoms with Gasteiger partial charge in [-0.3, -0.25) is 14.3 Å². The van der Waals surface area contributed by atoms with E-state index < -0.39 is 0 Å². The Morgan fingerprint density at radius 3 is 2.91 bits per heavy atom. The van der Waals surface area contributed by atoms with Crippen LogP contribution in [-0.2, 0) is 18.4 Å². The molecule has 22 heavy (non-hydrogen) atoms. The second-order valence-corrected chi connectivity index (χ2v) is 5.11. The number of nitrogens with zero attached hydrogens (tertiary/aromatic N) is 3. The third kappa shape index (κ3) is 4.47. The smallest absolute Gasteiger partial charge is 0.286 e. The van der Waals surface area contributed by atoms with Crippen LogP contribution in [0.15, 0.2) is 35.2 Å². The predicted molar refractivity (Wildman–Crippen MR) is 80.0 cm³/mol. The summed E-state index contributed by atoms with van der Waals surface area (Å²) in [5, 5.41) is 6.79. The van der Waals surface area contributed by atoms with Crippen LogP contribution in [0.1, 0.15) is 29.0 Å². The van der Waals surface area contributed by atoms with E-state index in [1.165, 1.54) is 6.26 Å². The van der Waals surface area contributed by atoms with Crippen molar-refractivity contribution in [2.75, 3.05) is 13.6 Å². The summed E-state index contributed by atoms with van der Waals surface area (Å²) in [6, 6.07) is 3.26.